The molecule has 5 unspecified atom stereocenters. The van der Waals surface area contributed by atoms with Crippen LogP contribution in [0, 0.1) is 0 Å². The number of phosphoric acid groups is 2. The summed E-state index contributed by atoms with van der Waals surface area (Å²) in [6.07, 6.45) is 84.2. The van der Waals surface area contributed by atoms with Crippen LogP contribution < -0.4 is 0 Å². The smallest absolute Gasteiger partial charge is 0.463 e. The molecule has 0 saturated carbocycles. The van der Waals surface area contributed by atoms with Gasteiger partial charge in [-0.05, 0) is 148 Å². The molecule has 0 radical (unpaired) electrons. The molecule has 0 aromatic carbocycles. The molecule has 0 bridgehead atoms. The van der Waals surface area contributed by atoms with Crippen molar-refractivity contribution in [2.45, 2.75) is 270 Å². The molecule has 0 spiro atoms. The quantitative estimate of drug-likeness (QED) is 0.0146. The van der Waals surface area contributed by atoms with E-state index in [1.54, 1.807) is 0 Å². The summed E-state index contributed by atoms with van der Waals surface area (Å²) in [6, 6.07) is 0. The maximum Gasteiger partial charge on any atom is 0.472 e. The van der Waals surface area contributed by atoms with E-state index in [1.807, 2.05) is 0 Å². The first kappa shape index (κ1) is 90.2. The summed E-state index contributed by atoms with van der Waals surface area (Å²) >= 11 is 0. The number of ether oxygens (including phenoxy) is 3. The molecule has 0 aliphatic carbocycles. The van der Waals surface area contributed by atoms with Gasteiger partial charge in [-0.15, -0.1) is 0 Å². The summed E-state index contributed by atoms with van der Waals surface area (Å²) in [5.74, 6) is -1.66. The van der Waals surface area contributed by atoms with Gasteiger partial charge >= 0.3 is 33.6 Å². The highest BCUT2D eigenvalue weighted by molar-refractivity contribution is 7.47. The highest BCUT2D eigenvalue weighted by Gasteiger charge is 2.29. The van der Waals surface area contributed by atoms with Crippen molar-refractivity contribution in [3.8, 4) is 0 Å². The van der Waals surface area contributed by atoms with Crippen LogP contribution in [0.15, 0.2) is 158 Å². The van der Waals surface area contributed by atoms with E-state index in [0.29, 0.717) is 19.3 Å². The predicted octanol–water partition coefficient (Wildman–Crippen LogP) is 20.3. The fourth-order valence-electron chi connectivity index (χ4n) is 8.81. The molecule has 4 N–H and O–H groups in total. The minimum atomic E-state index is -4.95. The number of hydrogen-bond acceptors (Lipinski definition) is 14. The summed E-state index contributed by atoms with van der Waals surface area (Å²) in [5, 5.41) is 20.6. The van der Waals surface area contributed by atoms with Gasteiger partial charge < -0.3 is 34.2 Å². The SMILES string of the molecule is CC/C=C\C/C=C\C/C=C\C/C=C\C/C=C\CCCCCCCC(=O)OCC(O)COP(=O)(O)OCC(O)COP(=O)(O)OCC(COC(=O)CCCCC/C=C\C/C=C\C/C=C\C/C=C\C/C=C\CC)OC(=O)CCCCCCCC/C=C\C/C=C\C/C=C\CCCCC. The zero-order valence-corrected chi connectivity index (χ0v) is 60.3. The summed E-state index contributed by atoms with van der Waals surface area (Å²) in [6.45, 7) is 2.32. The Labute approximate surface area is 574 Å². The van der Waals surface area contributed by atoms with Gasteiger partial charge in [0.05, 0.1) is 26.4 Å². The zero-order chi connectivity index (χ0) is 69.5. The molecule has 0 aromatic rings. The number of allylic oxidation sites excluding steroid dienone is 26. The van der Waals surface area contributed by atoms with Crippen molar-refractivity contribution in [2.24, 2.45) is 0 Å². The number of unbranched alkanes of at least 4 members (excludes halogenated alkanes) is 17. The van der Waals surface area contributed by atoms with Crippen LogP contribution in [0.4, 0.5) is 0 Å². The van der Waals surface area contributed by atoms with Crippen LogP contribution in [0.5, 0.6) is 0 Å². The van der Waals surface area contributed by atoms with Crippen LogP contribution in [-0.4, -0.2) is 95.9 Å². The Bertz CT molecular complexity index is 2360. The molecule has 0 saturated heterocycles. The second kappa shape index (κ2) is 69.1. The molecule has 0 fully saturated rings. The van der Waals surface area contributed by atoms with Crippen LogP contribution in [0.3, 0.4) is 0 Å². The molecular weight excluding hydrogens is 1240 g/mol. The maximum absolute atomic E-state index is 13.0. The van der Waals surface area contributed by atoms with E-state index in [1.165, 1.54) is 19.3 Å². The van der Waals surface area contributed by atoms with Crippen molar-refractivity contribution >= 4 is 33.6 Å². The standard InChI is InChI=1S/C77H126O16P2/c1-4-7-10-13-16-19-22-25-28-31-34-35-38-40-42-45-48-51-54-57-60-63-75(80)87-66-72(78)67-89-94(83,84)90-68-73(79)69-91-95(85,86)92-71-74(93-77(82)65-62-59-56-53-50-47-44-41-37-33-30-27-24-21-18-15-12-9-6-3)70-88-76(81)64-61-58-55-52-49-46-43-39-36-32-29-26-23-20-17-14-11-8-5-2/h7-8,10-11,16-21,25-30,34-37,39-42,46,49,72-74,78-79H,4-6,9,12-15,22-24,31-33,38,43-45,47-48,50-71H2,1-3H3,(H,83,84)(H,85,86)/b10-7-,11-8-,19-16-,20-17-,21-18-,28-25-,29-26-,30-27-,35-34-,39-36-,41-37-,42-40-,49-46-. The van der Waals surface area contributed by atoms with Crippen LogP contribution in [0.2, 0.25) is 0 Å². The molecule has 16 nitrogen and oxygen atoms in total. The number of carbonyl (C=O) groups is 3. The largest absolute Gasteiger partial charge is 0.472 e. The van der Waals surface area contributed by atoms with Crippen LogP contribution in [0.25, 0.3) is 0 Å². The van der Waals surface area contributed by atoms with Crippen molar-refractivity contribution in [3.05, 3.63) is 158 Å². The van der Waals surface area contributed by atoms with Gasteiger partial charge in [0.15, 0.2) is 6.10 Å². The number of hydrogen-bond donors (Lipinski definition) is 4. The molecule has 0 aliphatic heterocycles. The van der Waals surface area contributed by atoms with Crippen LogP contribution in [0.1, 0.15) is 252 Å². The van der Waals surface area contributed by atoms with Gasteiger partial charge in [-0.3, -0.25) is 32.5 Å². The summed E-state index contributed by atoms with van der Waals surface area (Å²) < 4.78 is 61.0. The average molecular weight is 1370 g/mol. The van der Waals surface area contributed by atoms with Crippen molar-refractivity contribution < 1.29 is 75.8 Å². The molecule has 95 heavy (non-hydrogen) atoms. The zero-order valence-electron chi connectivity index (χ0n) is 58.5. The van der Waals surface area contributed by atoms with E-state index in [4.69, 9.17) is 32.3 Å². The van der Waals surface area contributed by atoms with Crippen molar-refractivity contribution in [1.82, 2.24) is 0 Å². The molecule has 18 heteroatoms. The number of esters is 3. The van der Waals surface area contributed by atoms with Gasteiger partial charge in [0.1, 0.15) is 25.4 Å². The topological polar surface area (TPSA) is 231 Å². The first-order valence-corrected chi connectivity index (χ1v) is 38.8. The lowest BCUT2D eigenvalue weighted by molar-refractivity contribution is -0.161. The number of aliphatic hydroxyl groups is 2. The Hall–Kier alpha value is -4.83. The third-order valence-electron chi connectivity index (χ3n) is 14.2. The minimum Gasteiger partial charge on any atom is -0.463 e. The lowest BCUT2D eigenvalue weighted by Crippen LogP contribution is -2.30. The average Bonchev–Trinajstić information content (AvgIpc) is 1.70. The van der Waals surface area contributed by atoms with Gasteiger partial charge in [0, 0.05) is 19.3 Å². The molecule has 0 rings (SSSR count). The lowest BCUT2D eigenvalue weighted by Gasteiger charge is -2.21. The summed E-state index contributed by atoms with van der Waals surface area (Å²) in [4.78, 5) is 58.5. The second-order valence-electron chi connectivity index (χ2n) is 23.3. The fourth-order valence-corrected chi connectivity index (χ4v) is 10.4. The molecule has 0 amide bonds. The van der Waals surface area contributed by atoms with Crippen molar-refractivity contribution in [1.29, 1.82) is 0 Å². The number of carbonyl (C=O) groups excluding carboxylic acids is 3. The first-order chi connectivity index (χ1) is 46.2. The van der Waals surface area contributed by atoms with E-state index < -0.39 is 91.5 Å². The highest BCUT2D eigenvalue weighted by atomic mass is 31.2. The van der Waals surface area contributed by atoms with Gasteiger partial charge in [-0.1, -0.05) is 243 Å². The number of rotatable bonds is 66. The normalized spacial score (nSPS) is 15.1. The van der Waals surface area contributed by atoms with E-state index >= 15 is 0 Å². The van der Waals surface area contributed by atoms with Crippen LogP contribution in [-0.2, 0) is 55.8 Å². The lowest BCUT2D eigenvalue weighted by atomic mass is 10.1. The maximum atomic E-state index is 13.0. The fraction of sp³-hybridized carbons (Fsp3) is 0.623. The Morgan fingerprint density at radius 2 is 0.558 bits per heavy atom. The molecular formula is C77H126O16P2. The Kier molecular flexibility index (Phi) is 65.6. The monoisotopic (exact) mass is 1370 g/mol. The Morgan fingerprint density at radius 3 is 0.895 bits per heavy atom. The molecule has 5 atom stereocenters. The van der Waals surface area contributed by atoms with Gasteiger partial charge in [0.2, 0.25) is 0 Å². The van der Waals surface area contributed by atoms with Gasteiger partial charge in [-0.25, -0.2) is 9.13 Å². The van der Waals surface area contributed by atoms with E-state index in [0.717, 1.165) is 173 Å². The first-order valence-electron chi connectivity index (χ1n) is 35.8. The highest BCUT2D eigenvalue weighted by Crippen LogP contribution is 2.45. The van der Waals surface area contributed by atoms with Crippen molar-refractivity contribution in [2.75, 3.05) is 39.6 Å². The Balaban J connectivity index is 4.78. The second-order valence-corrected chi connectivity index (χ2v) is 26.2. The number of phosphoric ester groups is 2. The van der Waals surface area contributed by atoms with Gasteiger partial charge in [-0.2, -0.15) is 0 Å². The third-order valence-corrected chi connectivity index (χ3v) is 16.1. The van der Waals surface area contributed by atoms with E-state index in [2.05, 4.69) is 179 Å². The predicted molar refractivity (Wildman–Crippen MR) is 389 cm³/mol. The molecule has 0 aliphatic rings. The summed E-state index contributed by atoms with van der Waals surface area (Å²) in [5.41, 5.74) is 0. The molecule has 0 heterocycles. The van der Waals surface area contributed by atoms with E-state index in [-0.39, 0.29) is 19.3 Å². The summed E-state index contributed by atoms with van der Waals surface area (Å²) in [7, 11) is -9.82. The van der Waals surface area contributed by atoms with E-state index in [9.17, 15) is 43.5 Å². The van der Waals surface area contributed by atoms with Gasteiger partial charge in [0.25, 0.3) is 0 Å². The Morgan fingerprint density at radius 1 is 0.305 bits per heavy atom. The van der Waals surface area contributed by atoms with Crippen LogP contribution >= 0.6 is 15.6 Å². The molecule has 540 valence electrons. The minimum absolute atomic E-state index is 0.0759. The van der Waals surface area contributed by atoms with Crippen molar-refractivity contribution in [3.63, 3.8) is 0 Å². The third kappa shape index (κ3) is 70.3. The molecule has 0 aromatic heterocycles. The number of aliphatic hydroxyl groups excluding tert-OH is 2.